The van der Waals surface area contributed by atoms with Crippen molar-refractivity contribution in [2.75, 3.05) is 4.90 Å². The molecule has 0 saturated carbocycles. The van der Waals surface area contributed by atoms with E-state index in [1.807, 2.05) is 18.2 Å². The van der Waals surface area contributed by atoms with Gasteiger partial charge in [-0.05, 0) is 60.8 Å². The molecular formula is C23H14BrN3O6S. The van der Waals surface area contributed by atoms with Gasteiger partial charge in [0, 0.05) is 16.1 Å². The molecule has 0 bridgehead atoms. The number of hydrogen-bond donors (Lipinski definition) is 2. The number of nitrogens with zero attached hydrogens (tertiary/aromatic N) is 2. The van der Waals surface area contributed by atoms with Crippen LogP contribution in [0.2, 0.25) is 0 Å². The Morgan fingerprint density at radius 2 is 1.71 bits per heavy atom. The van der Waals surface area contributed by atoms with Gasteiger partial charge in [-0.1, -0.05) is 34.1 Å². The summed E-state index contributed by atoms with van der Waals surface area (Å²) in [6, 6.07) is 18.1. The fourth-order valence-corrected chi connectivity index (χ4v) is 3.93. The molecule has 2 N–H and O–H groups in total. The molecule has 4 rings (SSSR count). The monoisotopic (exact) mass is 539 g/mol. The Labute approximate surface area is 206 Å². The van der Waals surface area contributed by atoms with Gasteiger partial charge in [0.2, 0.25) is 5.75 Å². The summed E-state index contributed by atoms with van der Waals surface area (Å²) in [5.41, 5.74) is -0.656. The van der Waals surface area contributed by atoms with Gasteiger partial charge in [-0.15, -0.1) is 0 Å². The molecule has 0 aliphatic carbocycles. The molecule has 0 atom stereocenters. The smallest absolute Gasteiger partial charge is 0.312 e. The van der Waals surface area contributed by atoms with Crippen LogP contribution in [0.25, 0.3) is 6.08 Å². The number of rotatable bonds is 5. The zero-order valence-corrected chi connectivity index (χ0v) is 19.5. The maximum Gasteiger partial charge on any atom is 0.312 e. The van der Waals surface area contributed by atoms with E-state index in [0.717, 1.165) is 17.0 Å². The topological polar surface area (TPSA) is 122 Å². The third kappa shape index (κ3) is 4.65. The predicted molar refractivity (Wildman–Crippen MR) is 132 cm³/mol. The van der Waals surface area contributed by atoms with Crippen molar-refractivity contribution in [3.05, 3.63) is 92.5 Å². The number of benzene rings is 3. The summed E-state index contributed by atoms with van der Waals surface area (Å²) in [6.45, 7) is 0. The standard InChI is InChI=1S/C23H14BrN3O6S/c24-14-10-13(20(28)19(12-14)27(31)32)11-18-21(29)25-23(34)26(22(18)30)15-6-8-17(9-7-15)33-16-4-2-1-3-5-16/h1-12,28H,(H,25,29,34). The minimum atomic E-state index is -0.794. The largest absolute Gasteiger partial charge is 0.502 e. The van der Waals surface area contributed by atoms with Crippen LogP contribution in [0.1, 0.15) is 5.56 Å². The number of halogens is 1. The first-order valence-corrected chi connectivity index (χ1v) is 10.9. The van der Waals surface area contributed by atoms with Crippen molar-refractivity contribution in [1.82, 2.24) is 5.32 Å². The Bertz CT molecular complexity index is 1360. The van der Waals surface area contributed by atoms with Gasteiger partial charge < -0.3 is 9.84 Å². The number of amides is 2. The Hall–Kier alpha value is -4.09. The molecule has 0 radical (unpaired) electrons. The molecule has 3 aromatic rings. The molecule has 11 heteroatoms. The summed E-state index contributed by atoms with van der Waals surface area (Å²) in [4.78, 5) is 37.2. The Balaban J connectivity index is 1.66. The van der Waals surface area contributed by atoms with E-state index >= 15 is 0 Å². The van der Waals surface area contributed by atoms with Gasteiger partial charge >= 0.3 is 5.69 Å². The zero-order valence-electron chi connectivity index (χ0n) is 17.1. The molecule has 2 amide bonds. The second-order valence-electron chi connectivity index (χ2n) is 6.99. The van der Waals surface area contributed by atoms with Gasteiger partial charge in [-0.3, -0.25) is 29.9 Å². The zero-order chi connectivity index (χ0) is 24.4. The third-order valence-corrected chi connectivity index (χ3v) is 5.50. The molecule has 3 aromatic carbocycles. The summed E-state index contributed by atoms with van der Waals surface area (Å²) in [5, 5.41) is 23.8. The van der Waals surface area contributed by atoms with Gasteiger partial charge in [-0.2, -0.15) is 0 Å². The first-order valence-electron chi connectivity index (χ1n) is 9.66. The molecule has 1 fully saturated rings. The Kier molecular flexibility index (Phi) is 6.39. The number of nitro benzene ring substituents is 1. The van der Waals surface area contributed by atoms with Crippen LogP contribution in [0.15, 0.2) is 76.8 Å². The Morgan fingerprint density at radius 1 is 1.06 bits per heavy atom. The number of para-hydroxylation sites is 1. The second kappa shape index (κ2) is 9.41. The second-order valence-corrected chi connectivity index (χ2v) is 8.29. The van der Waals surface area contributed by atoms with Crippen molar-refractivity contribution in [2.24, 2.45) is 0 Å². The number of aromatic hydroxyl groups is 1. The van der Waals surface area contributed by atoms with Crippen LogP contribution in [0, 0.1) is 10.1 Å². The van der Waals surface area contributed by atoms with E-state index in [2.05, 4.69) is 21.2 Å². The van der Waals surface area contributed by atoms with Gasteiger partial charge in [0.1, 0.15) is 17.1 Å². The first kappa shape index (κ1) is 23.1. The summed E-state index contributed by atoms with van der Waals surface area (Å²) in [6.07, 6.45) is 1.08. The molecule has 170 valence electrons. The highest BCUT2D eigenvalue weighted by molar-refractivity contribution is 9.10. The predicted octanol–water partition coefficient (Wildman–Crippen LogP) is 4.69. The first-order chi connectivity index (χ1) is 16.2. The maximum absolute atomic E-state index is 13.2. The SMILES string of the molecule is O=C1NC(=S)N(c2ccc(Oc3ccccc3)cc2)C(=O)C1=Cc1cc(Br)cc([N+](=O)[O-])c1O. The number of nitrogens with one attached hydrogen (secondary N) is 1. The number of anilines is 1. The molecule has 34 heavy (non-hydrogen) atoms. The van der Waals surface area contributed by atoms with E-state index in [9.17, 15) is 24.8 Å². The molecular weight excluding hydrogens is 526 g/mol. The number of nitro groups is 1. The summed E-state index contributed by atoms with van der Waals surface area (Å²) in [7, 11) is 0. The van der Waals surface area contributed by atoms with E-state index in [4.69, 9.17) is 17.0 Å². The summed E-state index contributed by atoms with van der Waals surface area (Å²) < 4.78 is 6.03. The van der Waals surface area contributed by atoms with Gasteiger partial charge in [0.05, 0.1) is 10.6 Å². The van der Waals surface area contributed by atoms with Gasteiger partial charge in [0.25, 0.3) is 11.8 Å². The van der Waals surface area contributed by atoms with Crippen molar-refractivity contribution >= 4 is 62.5 Å². The third-order valence-electron chi connectivity index (χ3n) is 4.76. The summed E-state index contributed by atoms with van der Waals surface area (Å²) in [5.74, 6) is -1.06. The van der Waals surface area contributed by atoms with E-state index in [1.54, 1.807) is 36.4 Å². The fraction of sp³-hybridized carbons (Fsp3) is 0. The molecule has 0 unspecified atom stereocenters. The van der Waals surface area contributed by atoms with Crippen LogP contribution >= 0.6 is 28.1 Å². The highest BCUT2D eigenvalue weighted by atomic mass is 79.9. The van der Waals surface area contributed by atoms with Gasteiger partial charge in [-0.25, -0.2) is 0 Å². The number of carbonyl (C=O) groups excluding carboxylic acids is 2. The average molecular weight is 540 g/mol. The van der Waals surface area contributed by atoms with Crippen molar-refractivity contribution in [2.45, 2.75) is 0 Å². The van der Waals surface area contributed by atoms with Crippen molar-refractivity contribution < 1.29 is 24.4 Å². The highest BCUT2D eigenvalue weighted by Crippen LogP contribution is 2.35. The van der Waals surface area contributed by atoms with Crippen LogP contribution in [0.5, 0.6) is 17.2 Å². The number of ether oxygens (including phenoxy) is 1. The van der Waals surface area contributed by atoms with E-state index in [-0.39, 0.29) is 20.7 Å². The minimum absolute atomic E-state index is 0.0843. The Morgan fingerprint density at radius 3 is 2.35 bits per heavy atom. The van der Waals surface area contributed by atoms with E-state index in [1.165, 1.54) is 6.07 Å². The number of hydrogen-bond acceptors (Lipinski definition) is 7. The molecule has 1 heterocycles. The highest BCUT2D eigenvalue weighted by Gasteiger charge is 2.35. The molecule has 0 spiro atoms. The molecule has 1 saturated heterocycles. The number of thiocarbonyl (C=S) groups is 1. The van der Waals surface area contributed by atoms with E-state index < -0.39 is 28.2 Å². The number of phenolic OH excluding ortho intramolecular Hbond substituents is 1. The van der Waals surface area contributed by atoms with Gasteiger partial charge in [0.15, 0.2) is 5.11 Å². The lowest BCUT2D eigenvalue weighted by atomic mass is 10.1. The van der Waals surface area contributed by atoms with Crippen LogP contribution in [0.4, 0.5) is 11.4 Å². The quantitative estimate of drug-likeness (QED) is 0.158. The lowest BCUT2D eigenvalue weighted by Gasteiger charge is -2.29. The molecule has 9 nitrogen and oxygen atoms in total. The lowest BCUT2D eigenvalue weighted by Crippen LogP contribution is -2.54. The van der Waals surface area contributed by atoms with Crippen LogP contribution in [-0.2, 0) is 9.59 Å². The molecule has 1 aliphatic rings. The number of phenols is 1. The minimum Gasteiger partial charge on any atom is -0.502 e. The van der Waals surface area contributed by atoms with Crippen molar-refractivity contribution in [3.8, 4) is 17.2 Å². The normalized spacial score (nSPS) is 14.8. The lowest BCUT2D eigenvalue weighted by molar-refractivity contribution is -0.385. The van der Waals surface area contributed by atoms with Crippen molar-refractivity contribution in [3.63, 3.8) is 0 Å². The summed E-state index contributed by atoms with van der Waals surface area (Å²) >= 11 is 8.31. The van der Waals surface area contributed by atoms with Crippen LogP contribution in [-0.4, -0.2) is 27.0 Å². The molecule has 0 aromatic heterocycles. The van der Waals surface area contributed by atoms with Crippen molar-refractivity contribution in [1.29, 1.82) is 0 Å². The van der Waals surface area contributed by atoms with E-state index in [0.29, 0.717) is 17.2 Å². The number of carbonyl (C=O) groups is 2. The molecule has 1 aliphatic heterocycles. The van der Waals surface area contributed by atoms with Crippen LogP contribution < -0.4 is 15.0 Å². The maximum atomic E-state index is 13.2. The van der Waals surface area contributed by atoms with Crippen LogP contribution in [0.3, 0.4) is 0 Å². The average Bonchev–Trinajstić information content (AvgIpc) is 2.80. The fourth-order valence-electron chi connectivity index (χ4n) is 3.19.